The number of nitrogens with two attached hydrogens (primary N) is 1. The third-order valence-electron chi connectivity index (χ3n) is 4.99. The number of carbonyl (C=O) groups is 2. The maximum Gasteiger partial charge on any atom is 0.277 e. The number of primary sulfonamides is 1. The second kappa shape index (κ2) is 8.02. The number of nitrogens with one attached hydrogen (secondary N) is 2. The average molecular weight is 453 g/mol. The van der Waals surface area contributed by atoms with E-state index in [4.69, 9.17) is 5.14 Å². The number of hydrogen-bond donors (Lipinski definition) is 3. The van der Waals surface area contributed by atoms with Gasteiger partial charge in [-0.2, -0.15) is 0 Å². The predicted octanol–water partition coefficient (Wildman–Crippen LogP) is 1.18. The summed E-state index contributed by atoms with van der Waals surface area (Å²) in [4.78, 5) is 44.5. The number of hydrogen-bond acceptors (Lipinski definition) is 6. The van der Waals surface area contributed by atoms with Gasteiger partial charge in [-0.25, -0.2) is 18.5 Å². The van der Waals surface area contributed by atoms with E-state index >= 15 is 0 Å². The van der Waals surface area contributed by atoms with E-state index < -0.39 is 21.8 Å². The smallest absolute Gasteiger partial charge is 0.277 e. The number of aryl methyl sites for hydroxylation is 2. The normalized spacial score (nSPS) is 11.7. The molecule has 0 aliphatic rings. The molecular weight excluding hydrogens is 434 g/mol. The van der Waals surface area contributed by atoms with Crippen molar-refractivity contribution in [1.29, 1.82) is 0 Å². The lowest BCUT2D eigenvalue weighted by atomic mass is 10.2. The number of amides is 2. The van der Waals surface area contributed by atoms with Gasteiger partial charge in [-0.15, -0.1) is 0 Å². The second-order valence-corrected chi connectivity index (χ2v) is 8.90. The molecule has 0 saturated carbocycles. The largest absolute Gasteiger partial charge is 0.349 e. The highest BCUT2D eigenvalue weighted by Crippen LogP contribution is 2.22. The van der Waals surface area contributed by atoms with E-state index in [2.05, 4.69) is 15.3 Å². The van der Waals surface area contributed by atoms with Crippen molar-refractivity contribution in [2.45, 2.75) is 24.8 Å². The van der Waals surface area contributed by atoms with Crippen LogP contribution in [0.4, 0.5) is 0 Å². The van der Waals surface area contributed by atoms with Crippen molar-refractivity contribution < 1.29 is 18.0 Å². The molecule has 4 rings (SSSR count). The molecule has 4 N–H and O–H groups in total. The van der Waals surface area contributed by atoms with E-state index in [-0.39, 0.29) is 29.0 Å². The molecule has 0 aliphatic carbocycles. The third-order valence-corrected chi connectivity index (χ3v) is 5.90. The van der Waals surface area contributed by atoms with Gasteiger partial charge in [0.05, 0.1) is 11.2 Å². The highest BCUT2D eigenvalue weighted by Gasteiger charge is 2.15. The van der Waals surface area contributed by atoms with Crippen LogP contribution in [0.1, 0.15) is 22.3 Å². The van der Waals surface area contributed by atoms with Crippen molar-refractivity contribution >= 4 is 43.8 Å². The molecule has 32 heavy (non-hydrogen) atoms. The molecule has 11 heteroatoms. The summed E-state index contributed by atoms with van der Waals surface area (Å²) in [5.74, 6) is -1.40. The van der Waals surface area contributed by atoms with Crippen LogP contribution in [0.5, 0.6) is 0 Å². The van der Waals surface area contributed by atoms with E-state index in [1.807, 2.05) is 25.1 Å². The fourth-order valence-corrected chi connectivity index (χ4v) is 3.92. The average Bonchev–Trinajstić information content (AvgIpc) is 3.11. The summed E-state index contributed by atoms with van der Waals surface area (Å²) < 4.78 is 24.1. The van der Waals surface area contributed by atoms with Gasteiger partial charge in [-0.3, -0.25) is 24.3 Å². The van der Waals surface area contributed by atoms with E-state index in [0.29, 0.717) is 11.0 Å². The first-order valence-electron chi connectivity index (χ1n) is 9.58. The first kappa shape index (κ1) is 21.4. The van der Waals surface area contributed by atoms with E-state index in [9.17, 15) is 22.8 Å². The number of imide groups is 1. The summed E-state index contributed by atoms with van der Waals surface area (Å²) in [6, 6.07) is 10.8. The number of rotatable bonds is 5. The Kier molecular flexibility index (Phi) is 5.36. The number of benzene rings is 2. The van der Waals surface area contributed by atoms with Gasteiger partial charge in [0.2, 0.25) is 15.9 Å². The maximum atomic E-state index is 12.8. The molecule has 0 saturated heterocycles. The van der Waals surface area contributed by atoms with Crippen molar-refractivity contribution in [1.82, 2.24) is 19.9 Å². The Morgan fingerprint density at radius 3 is 2.72 bits per heavy atom. The van der Waals surface area contributed by atoms with Crippen LogP contribution in [0.15, 0.2) is 58.5 Å². The van der Waals surface area contributed by atoms with Crippen molar-refractivity contribution in [2.75, 3.05) is 0 Å². The fraction of sp³-hybridized carbons (Fsp3) is 0.143. The SMILES string of the molecule is Cc1ccc2[nH]c3c(=O)n(CCC(=O)NC(=O)c4cccc(S(N)(=O)=O)c4)cnc3c2c1. The molecule has 0 unspecified atom stereocenters. The summed E-state index contributed by atoms with van der Waals surface area (Å²) in [7, 11) is -3.98. The quantitative estimate of drug-likeness (QED) is 0.412. The van der Waals surface area contributed by atoms with Crippen LogP contribution in [0.3, 0.4) is 0 Å². The molecule has 2 aromatic carbocycles. The van der Waals surface area contributed by atoms with Gasteiger partial charge >= 0.3 is 0 Å². The molecular formula is C21H19N5O5S. The van der Waals surface area contributed by atoms with Gasteiger partial charge < -0.3 is 4.98 Å². The number of carbonyl (C=O) groups excluding carboxylic acids is 2. The summed E-state index contributed by atoms with van der Waals surface area (Å²) in [6.45, 7) is 1.96. The van der Waals surface area contributed by atoms with Gasteiger partial charge in [0, 0.05) is 29.4 Å². The molecule has 0 spiro atoms. The number of aromatic amines is 1. The van der Waals surface area contributed by atoms with Gasteiger partial charge in [0.15, 0.2) is 0 Å². The van der Waals surface area contributed by atoms with Crippen LogP contribution in [0.2, 0.25) is 0 Å². The minimum Gasteiger partial charge on any atom is -0.349 e. The zero-order valence-electron chi connectivity index (χ0n) is 17.0. The molecule has 2 amide bonds. The number of fused-ring (bicyclic) bond motifs is 3. The highest BCUT2D eigenvalue weighted by molar-refractivity contribution is 7.89. The highest BCUT2D eigenvalue weighted by atomic mass is 32.2. The van der Waals surface area contributed by atoms with Gasteiger partial charge in [-0.1, -0.05) is 17.7 Å². The Morgan fingerprint density at radius 1 is 1.19 bits per heavy atom. The van der Waals surface area contributed by atoms with Gasteiger partial charge in [-0.05, 0) is 37.3 Å². The lowest BCUT2D eigenvalue weighted by molar-refractivity contribution is -0.120. The molecule has 0 atom stereocenters. The van der Waals surface area contributed by atoms with Crippen molar-refractivity contribution in [2.24, 2.45) is 5.14 Å². The second-order valence-electron chi connectivity index (χ2n) is 7.34. The Balaban J connectivity index is 1.48. The fourth-order valence-electron chi connectivity index (χ4n) is 3.36. The van der Waals surface area contributed by atoms with Gasteiger partial charge in [0.1, 0.15) is 11.0 Å². The Morgan fingerprint density at radius 2 is 1.97 bits per heavy atom. The summed E-state index contributed by atoms with van der Waals surface area (Å²) >= 11 is 0. The monoisotopic (exact) mass is 453 g/mol. The van der Waals surface area contributed by atoms with E-state index in [0.717, 1.165) is 22.5 Å². The molecule has 10 nitrogen and oxygen atoms in total. The third kappa shape index (κ3) is 4.15. The maximum absolute atomic E-state index is 12.8. The Bertz CT molecular complexity index is 1550. The molecule has 2 aromatic heterocycles. The Hall–Kier alpha value is -3.83. The zero-order chi connectivity index (χ0) is 23.0. The minimum atomic E-state index is -3.98. The van der Waals surface area contributed by atoms with Crippen LogP contribution < -0.4 is 16.0 Å². The number of H-pyrrole nitrogens is 1. The van der Waals surface area contributed by atoms with Crippen molar-refractivity contribution in [3.63, 3.8) is 0 Å². The zero-order valence-corrected chi connectivity index (χ0v) is 17.8. The molecule has 2 heterocycles. The topological polar surface area (TPSA) is 157 Å². The van der Waals surface area contributed by atoms with Crippen molar-refractivity contribution in [3.05, 3.63) is 70.3 Å². The van der Waals surface area contributed by atoms with Crippen molar-refractivity contribution in [3.8, 4) is 0 Å². The molecule has 0 aliphatic heterocycles. The van der Waals surface area contributed by atoms with Crippen LogP contribution in [-0.2, 0) is 21.4 Å². The minimum absolute atomic E-state index is 0.00645. The molecule has 0 radical (unpaired) electrons. The first-order valence-corrected chi connectivity index (χ1v) is 11.1. The number of sulfonamides is 1. The molecule has 0 fully saturated rings. The van der Waals surface area contributed by atoms with Crippen LogP contribution >= 0.6 is 0 Å². The molecule has 164 valence electrons. The predicted molar refractivity (Wildman–Crippen MR) is 118 cm³/mol. The number of aromatic nitrogens is 3. The van der Waals surface area contributed by atoms with Crippen LogP contribution in [0.25, 0.3) is 21.9 Å². The first-order chi connectivity index (χ1) is 15.1. The molecule has 0 bridgehead atoms. The summed E-state index contributed by atoms with van der Waals surface area (Å²) in [5, 5.41) is 8.07. The Labute approximate surface area is 182 Å². The standard InChI is InChI=1S/C21H19N5O5S/c1-12-5-6-16-15(9-12)18-19(24-16)21(29)26(11-23-18)8-7-17(27)25-20(28)13-3-2-4-14(10-13)32(22,30)31/h2-6,9-11,24H,7-8H2,1H3,(H2,22,30,31)(H,25,27,28). The van der Waals surface area contributed by atoms with Crippen LogP contribution in [0, 0.1) is 6.92 Å². The van der Waals surface area contributed by atoms with Gasteiger partial charge in [0.25, 0.3) is 11.5 Å². The number of nitrogens with zero attached hydrogens (tertiary/aromatic N) is 2. The summed E-state index contributed by atoms with van der Waals surface area (Å²) in [5.41, 5.74) is 2.37. The van der Waals surface area contributed by atoms with E-state index in [1.54, 1.807) is 0 Å². The molecule has 4 aromatic rings. The lowest BCUT2D eigenvalue weighted by Gasteiger charge is -2.07. The van der Waals surface area contributed by atoms with Crippen LogP contribution in [-0.4, -0.2) is 34.8 Å². The lowest BCUT2D eigenvalue weighted by Crippen LogP contribution is -2.32. The van der Waals surface area contributed by atoms with E-state index in [1.165, 1.54) is 29.1 Å². The summed E-state index contributed by atoms with van der Waals surface area (Å²) in [6.07, 6.45) is 1.21.